The minimum Gasteiger partial charge on any atom is -0.378 e. The summed E-state index contributed by atoms with van der Waals surface area (Å²) in [5, 5.41) is 15.3. The van der Waals surface area contributed by atoms with Crippen molar-refractivity contribution in [2.45, 2.75) is 12.2 Å². The Morgan fingerprint density at radius 3 is 2.93 bits per heavy atom. The highest BCUT2D eigenvalue weighted by Gasteiger charge is 2.23. The van der Waals surface area contributed by atoms with Crippen molar-refractivity contribution in [1.82, 2.24) is 9.97 Å². The normalized spacial score (nSPS) is 16.8. The number of benzene rings is 1. The molecule has 28 heavy (non-hydrogen) atoms. The number of hydrogen-bond donors (Lipinski definition) is 1. The van der Waals surface area contributed by atoms with Crippen LogP contribution in [0.1, 0.15) is 16.8 Å². The topological polar surface area (TPSA) is 106 Å². The van der Waals surface area contributed by atoms with Crippen LogP contribution in [0.4, 0.5) is 17.5 Å². The van der Waals surface area contributed by atoms with Crippen molar-refractivity contribution in [2.75, 3.05) is 42.4 Å². The van der Waals surface area contributed by atoms with Crippen LogP contribution in [0.3, 0.4) is 0 Å². The molecule has 1 aromatic heterocycles. The van der Waals surface area contributed by atoms with Gasteiger partial charge in [0.25, 0.3) is 5.69 Å². The largest absolute Gasteiger partial charge is 0.378 e. The lowest BCUT2D eigenvalue weighted by atomic mass is 10.1. The molecule has 10 heteroatoms. The van der Waals surface area contributed by atoms with Crippen molar-refractivity contribution in [3.05, 3.63) is 51.2 Å². The maximum absolute atomic E-state index is 11.1. The van der Waals surface area contributed by atoms with E-state index in [0.717, 1.165) is 42.5 Å². The quantitative estimate of drug-likeness (QED) is 0.463. The number of nitrogens with one attached hydrogen (secondary N) is 1. The molecule has 146 valence electrons. The highest BCUT2D eigenvalue weighted by molar-refractivity contribution is 7.98. The number of hydrogen-bond acceptors (Lipinski definition) is 9. The summed E-state index contributed by atoms with van der Waals surface area (Å²) in [4.78, 5) is 22.2. The molecule has 2 aromatic rings. The Hall–Kier alpha value is -2.72. The third-order valence-electron chi connectivity index (χ3n) is 4.61. The monoisotopic (exact) mass is 400 g/mol. The maximum atomic E-state index is 11.1. The van der Waals surface area contributed by atoms with E-state index in [2.05, 4.69) is 25.4 Å². The zero-order valence-corrected chi connectivity index (χ0v) is 16.0. The Labute approximate surface area is 166 Å². The standard InChI is InChI=1S/C18H20N6O3S/c25-24(26)16-4-2-1-3-13(16)11-19-22-18-20-15-5-10-28-12-14(15)17(21-18)23-6-8-27-9-7-23/h1-4,11H,5-10,12H2,(H,20,21,22)/b19-11+. The molecule has 0 amide bonds. The van der Waals surface area contributed by atoms with Gasteiger partial charge in [-0.15, -0.1) is 0 Å². The minimum atomic E-state index is -0.426. The first-order valence-corrected chi connectivity index (χ1v) is 10.2. The van der Waals surface area contributed by atoms with Crippen molar-refractivity contribution in [1.29, 1.82) is 0 Å². The number of thioether (sulfide) groups is 1. The van der Waals surface area contributed by atoms with Crippen LogP contribution in [-0.4, -0.2) is 53.2 Å². The molecule has 0 spiro atoms. The van der Waals surface area contributed by atoms with Crippen molar-refractivity contribution in [2.24, 2.45) is 5.10 Å². The highest BCUT2D eigenvalue weighted by atomic mass is 32.2. The summed E-state index contributed by atoms with van der Waals surface area (Å²) in [5.41, 5.74) is 5.50. The van der Waals surface area contributed by atoms with Gasteiger partial charge in [0.2, 0.25) is 5.95 Å². The smallest absolute Gasteiger partial charge is 0.278 e. The predicted molar refractivity (Wildman–Crippen MR) is 109 cm³/mol. The number of anilines is 2. The second-order valence-electron chi connectivity index (χ2n) is 6.38. The summed E-state index contributed by atoms with van der Waals surface area (Å²) in [7, 11) is 0. The Morgan fingerprint density at radius 1 is 1.29 bits per heavy atom. The second kappa shape index (κ2) is 8.53. The molecule has 9 nitrogen and oxygen atoms in total. The van der Waals surface area contributed by atoms with E-state index in [0.29, 0.717) is 24.7 Å². The third kappa shape index (κ3) is 4.07. The first-order valence-electron chi connectivity index (χ1n) is 9.05. The lowest BCUT2D eigenvalue weighted by Gasteiger charge is -2.31. The van der Waals surface area contributed by atoms with Crippen LogP contribution in [0.5, 0.6) is 0 Å². The molecular formula is C18H20N6O3S. The first-order chi connectivity index (χ1) is 13.7. The molecule has 1 saturated heterocycles. The summed E-state index contributed by atoms with van der Waals surface area (Å²) in [6, 6.07) is 6.46. The summed E-state index contributed by atoms with van der Waals surface area (Å²) < 4.78 is 5.46. The second-order valence-corrected chi connectivity index (χ2v) is 7.49. The van der Waals surface area contributed by atoms with Crippen molar-refractivity contribution in [3.63, 3.8) is 0 Å². The number of para-hydroxylation sites is 1. The lowest BCUT2D eigenvalue weighted by Crippen LogP contribution is -2.38. The van der Waals surface area contributed by atoms with Gasteiger partial charge in [0.1, 0.15) is 5.82 Å². The zero-order chi connectivity index (χ0) is 19.3. The number of nitro benzene ring substituents is 1. The molecule has 1 aromatic carbocycles. The number of rotatable bonds is 5. The van der Waals surface area contributed by atoms with E-state index < -0.39 is 4.92 Å². The van der Waals surface area contributed by atoms with Gasteiger partial charge >= 0.3 is 0 Å². The average molecular weight is 400 g/mol. The number of nitro groups is 1. The van der Waals surface area contributed by atoms with Gasteiger partial charge in [-0.05, 0) is 18.2 Å². The van der Waals surface area contributed by atoms with Gasteiger partial charge in [-0.1, -0.05) is 12.1 Å². The van der Waals surface area contributed by atoms with Gasteiger partial charge in [-0.25, -0.2) is 10.4 Å². The molecule has 2 aliphatic heterocycles. The van der Waals surface area contributed by atoms with Crippen LogP contribution in [0, 0.1) is 10.1 Å². The van der Waals surface area contributed by atoms with Gasteiger partial charge in [-0.3, -0.25) is 10.1 Å². The fraction of sp³-hybridized carbons (Fsp3) is 0.389. The van der Waals surface area contributed by atoms with E-state index in [-0.39, 0.29) is 5.69 Å². The number of hydrazone groups is 1. The number of fused-ring (bicyclic) bond motifs is 1. The fourth-order valence-corrected chi connectivity index (χ4v) is 4.21. The molecule has 0 bridgehead atoms. The van der Waals surface area contributed by atoms with Crippen molar-refractivity contribution in [3.8, 4) is 0 Å². The van der Waals surface area contributed by atoms with Crippen LogP contribution in [-0.2, 0) is 16.9 Å². The average Bonchev–Trinajstić information content (AvgIpc) is 2.74. The summed E-state index contributed by atoms with van der Waals surface area (Å²) in [6.07, 6.45) is 2.31. The molecule has 0 saturated carbocycles. The van der Waals surface area contributed by atoms with Crippen LogP contribution < -0.4 is 10.3 Å². The summed E-state index contributed by atoms with van der Waals surface area (Å²) in [6.45, 7) is 2.97. The first kappa shape index (κ1) is 18.6. The van der Waals surface area contributed by atoms with E-state index in [1.165, 1.54) is 17.8 Å². The molecule has 0 radical (unpaired) electrons. The van der Waals surface area contributed by atoms with Crippen LogP contribution in [0.2, 0.25) is 0 Å². The number of aromatic nitrogens is 2. The number of aryl methyl sites for hydroxylation is 1. The predicted octanol–water partition coefficient (Wildman–Crippen LogP) is 2.46. The van der Waals surface area contributed by atoms with Gasteiger partial charge < -0.3 is 9.64 Å². The van der Waals surface area contributed by atoms with E-state index in [1.54, 1.807) is 18.2 Å². The van der Waals surface area contributed by atoms with Gasteiger partial charge in [0.05, 0.1) is 35.6 Å². The van der Waals surface area contributed by atoms with Crippen LogP contribution in [0.25, 0.3) is 0 Å². The highest BCUT2D eigenvalue weighted by Crippen LogP contribution is 2.31. The van der Waals surface area contributed by atoms with Gasteiger partial charge in [0, 0.05) is 30.5 Å². The molecule has 1 fully saturated rings. The summed E-state index contributed by atoms with van der Waals surface area (Å²) >= 11 is 1.89. The Morgan fingerprint density at radius 2 is 2.11 bits per heavy atom. The van der Waals surface area contributed by atoms with E-state index in [4.69, 9.17) is 4.74 Å². The molecular weight excluding hydrogens is 380 g/mol. The number of morpholine rings is 1. The zero-order valence-electron chi connectivity index (χ0n) is 15.2. The Balaban J connectivity index is 1.59. The Bertz CT molecular complexity index is 901. The van der Waals surface area contributed by atoms with E-state index >= 15 is 0 Å². The number of nitrogens with zero attached hydrogens (tertiary/aromatic N) is 5. The van der Waals surface area contributed by atoms with Crippen LogP contribution >= 0.6 is 11.8 Å². The van der Waals surface area contributed by atoms with Crippen molar-refractivity contribution >= 4 is 35.4 Å². The van der Waals surface area contributed by atoms with Crippen molar-refractivity contribution < 1.29 is 9.66 Å². The van der Waals surface area contributed by atoms with Gasteiger partial charge in [-0.2, -0.15) is 21.8 Å². The molecule has 0 atom stereocenters. The summed E-state index contributed by atoms with van der Waals surface area (Å²) in [5.74, 6) is 3.28. The third-order valence-corrected chi connectivity index (χ3v) is 5.60. The molecule has 0 aliphatic carbocycles. The lowest BCUT2D eigenvalue weighted by molar-refractivity contribution is -0.385. The van der Waals surface area contributed by atoms with Gasteiger partial charge in [0.15, 0.2) is 0 Å². The SMILES string of the molecule is O=[N+]([O-])c1ccccc1/C=N/Nc1nc2c(c(N3CCOCC3)n1)CSCC2. The van der Waals surface area contributed by atoms with E-state index in [1.807, 2.05) is 11.8 Å². The molecule has 4 rings (SSSR count). The van der Waals surface area contributed by atoms with Crippen LogP contribution in [0.15, 0.2) is 29.4 Å². The molecule has 0 unspecified atom stereocenters. The molecule has 2 aliphatic rings. The minimum absolute atomic E-state index is 0.00504. The molecule has 1 N–H and O–H groups in total. The molecule has 3 heterocycles. The Kier molecular flexibility index (Phi) is 5.68. The fourth-order valence-electron chi connectivity index (χ4n) is 3.22. The number of ether oxygens (including phenoxy) is 1. The van der Waals surface area contributed by atoms with E-state index in [9.17, 15) is 10.1 Å². The maximum Gasteiger partial charge on any atom is 0.278 e.